The number of hydrogen-bond donors (Lipinski definition) is 1. The van der Waals surface area contributed by atoms with Crippen LogP contribution in [0.1, 0.15) is 0 Å². The van der Waals surface area contributed by atoms with Gasteiger partial charge in [0.2, 0.25) is 5.91 Å². The van der Waals surface area contributed by atoms with Crippen LogP contribution in [0.4, 0.5) is 4.79 Å². The quantitative estimate of drug-likeness (QED) is 0.863. The number of aryl methyl sites for hydroxylation is 1. The second-order valence-electron chi connectivity index (χ2n) is 4.51. The van der Waals surface area contributed by atoms with Gasteiger partial charge in [0.1, 0.15) is 0 Å². The minimum absolute atomic E-state index is 0.183. The normalized spacial score (nSPS) is 14.8. The topological polar surface area (TPSA) is 67.2 Å². The van der Waals surface area contributed by atoms with Gasteiger partial charge in [0.05, 0.1) is 16.8 Å². The predicted octanol–water partition coefficient (Wildman–Crippen LogP) is 1.22. The second kappa shape index (κ2) is 5.16. The number of hydrogen-bond acceptors (Lipinski definition) is 4. The maximum atomic E-state index is 12.0. The standard InChI is InChI=1S/C13H14N4O2S/c1-16-10-5-3-2-4-9(10)15-13(16)20-8-11(18)17-7-6-14-12(17)19/h2-5H,6-8H2,1H3,(H,14,19). The number of rotatable bonds is 3. The fraction of sp³-hybridized carbons (Fsp3) is 0.308. The number of carbonyl (C=O) groups is 2. The van der Waals surface area contributed by atoms with E-state index >= 15 is 0 Å². The summed E-state index contributed by atoms with van der Waals surface area (Å²) in [6.45, 7) is 0.975. The summed E-state index contributed by atoms with van der Waals surface area (Å²) < 4.78 is 1.96. The Kier molecular flexibility index (Phi) is 3.35. The van der Waals surface area contributed by atoms with Crippen molar-refractivity contribution in [1.29, 1.82) is 0 Å². The first-order valence-corrected chi connectivity index (χ1v) is 7.28. The van der Waals surface area contributed by atoms with E-state index in [1.54, 1.807) is 0 Å². The van der Waals surface area contributed by atoms with Gasteiger partial charge in [-0.25, -0.2) is 9.78 Å². The fourth-order valence-electron chi connectivity index (χ4n) is 2.17. The minimum Gasteiger partial charge on any atom is -0.336 e. The summed E-state index contributed by atoms with van der Waals surface area (Å²) in [6, 6.07) is 7.51. The van der Waals surface area contributed by atoms with Gasteiger partial charge >= 0.3 is 6.03 Å². The highest BCUT2D eigenvalue weighted by Crippen LogP contribution is 2.22. The van der Waals surface area contributed by atoms with Crippen LogP contribution in [-0.2, 0) is 11.8 Å². The van der Waals surface area contributed by atoms with Crippen molar-refractivity contribution in [3.63, 3.8) is 0 Å². The molecule has 20 heavy (non-hydrogen) atoms. The fourth-order valence-corrected chi connectivity index (χ4v) is 3.03. The van der Waals surface area contributed by atoms with E-state index in [0.717, 1.165) is 16.2 Å². The van der Waals surface area contributed by atoms with Gasteiger partial charge in [-0.3, -0.25) is 9.69 Å². The lowest BCUT2D eigenvalue weighted by Gasteiger charge is -2.11. The first kappa shape index (κ1) is 13.0. The molecule has 0 unspecified atom stereocenters. The number of urea groups is 1. The van der Waals surface area contributed by atoms with Crippen LogP contribution in [-0.4, -0.2) is 45.2 Å². The molecule has 2 heterocycles. The number of nitrogens with zero attached hydrogens (tertiary/aromatic N) is 3. The van der Waals surface area contributed by atoms with Crippen molar-refractivity contribution < 1.29 is 9.59 Å². The van der Waals surface area contributed by atoms with Crippen molar-refractivity contribution in [2.24, 2.45) is 7.05 Å². The number of thioether (sulfide) groups is 1. The summed E-state index contributed by atoms with van der Waals surface area (Å²) >= 11 is 1.35. The van der Waals surface area contributed by atoms with Gasteiger partial charge in [-0.2, -0.15) is 0 Å². The Bertz CT molecular complexity index is 682. The summed E-state index contributed by atoms with van der Waals surface area (Å²) in [5, 5.41) is 3.39. The smallest absolute Gasteiger partial charge is 0.324 e. The molecule has 1 saturated heterocycles. The van der Waals surface area contributed by atoms with Gasteiger partial charge in [0.15, 0.2) is 5.16 Å². The number of para-hydroxylation sites is 2. The number of amides is 3. The van der Waals surface area contributed by atoms with Crippen molar-refractivity contribution in [2.45, 2.75) is 5.16 Å². The van der Waals surface area contributed by atoms with Gasteiger partial charge < -0.3 is 9.88 Å². The van der Waals surface area contributed by atoms with E-state index in [9.17, 15) is 9.59 Å². The average Bonchev–Trinajstić information content (AvgIpc) is 3.01. The summed E-state index contributed by atoms with van der Waals surface area (Å²) in [5.74, 6) is 0.0296. The highest BCUT2D eigenvalue weighted by Gasteiger charge is 2.26. The highest BCUT2D eigenvalue weighted by molar-refractivity contribution is 7.99. The molecule has 0 aliphatic carbocycles. The molecule has 1 fully saturated rings. The van der Waals surface area contributed by atoms with Crippen LogP contribution in [0.3, 0.4) is 0 Å². The Balaban J connectivity index is 1.72. The third-order valence-electron chi connectivity index (χ3n) is 3.23. The SMILES string of the molecule is Cn1c(SCC(=O)N2CCNC2=O)nc2ccccc21. The number of carbonyl (C=O) groups excluding carboxylic acids is 2. The molecule has 104 valence electrons. The maximum absolute atomic E-state index is 12.0. The van der Waals surface area contributed by atoms with Crippen molar-refractivity contribution in [2.75, 3.05) is 18.8 Å². The number of imidazole rings is 1. The molecule has 0 radical (unpaired) electrons. The van der Waals surface area contributed by atoms with Crippen molar-refractivity contribution in [3.8, 4) is 0 Å². The molecule has 2 aromatic rings. The molecule has 1 aromatic heterocycles. The number of benzene rings is 1. The van der Waals surface area contributed by atoms with E-state index < -0.39 is 0 Å². The highest BCUT2D eigenvalue weighted by atomic mass is 32.2. The maximum Gasteiger partial charge on any atom is 0.324 e. The number of fused-ring (bicyclic) bond motifs is 1. The molecule has 1 aliphatic heterocycles. The Hall–Kier alpha value is -2.02. The second-order valence-corrected chi connectivity index (χ2v) is 5.45. The van der Waals surface area contributed by atoms with Gasteiger partial charge in [-0.15, -0.1) is 0 Å². The van der Waals surface area contributed by atoms with E-state index in [4.69, 9.17) is 0 Å². The molecule has 0 atom stereocenters. The van der Waals surface area contributed by atoms with E-state index in [1.165, 1.54) is 16.7 Å². The molecule has 0 bridgehead atoms. The zero-order valence-corrected chi connectivity index (χ0v) is 11.8. The molecular weight excluding hydrogens is 276 g/mol. The zero-order valence-electron chi connectivity index (χ0n) is 11.0. The average molecular weight is 290 g/mol. The molecule has 6 nitrogen and oxygen atoms in total. The van der Waals surface area contributed by atoms with E-state index in [1.807, 2.05) is 35.9 Å². The van der Waals surface area contributed by atoms with Crippen molar-refractivity contribution >= 4 is 34.7 Å². The van der Waals surface area contributed by atoms with Crippen LogP contribution in [0, 0.1) is 0 Å². The number of imide groups is 1. The Labute approximate surface area is 120 Å². The number of nitrogens with one attached hydrogen (secondary N) is 1. The molecular formula is C13H14N4O2S. The molecule has 7 heteroatoms. The minimum atomic E-state index is -0.305. The van der Waals surface area contributed by atoms with Crippen LogP contribution in [0.2, 0.25) is 0 Å². The summed E-state index contributed by atoms with van der Waals surface area (Å²) in [6.07, 6.45) is 0. The predicted molar refractivity (Wildman–Crippen MR) is 76.5 cm³/mol. The van der Waals surface area contributed by atoms with E-state index in [2.05, 4.69) is 10.3 Å². The van der Waals surface area contributed by atoms with Gasteiger partial charge in [0, 0.05) is 20.1 Å². The zero-order chi connectivity index (χ0) is 14.1. The van der Waals surface area contributed by atoms with Crippen molar-refractivity contribution in [1.82, 2.24) is 19.8 Å². The molecule has 1 aromatic carbocycles. The molecule has 3 amide bonds. The third kappa shape index (κ3) is 2.24. The first-order chi connectivity index (χ1) is 9.66. The third-order valence-corrected chi connectivity index (χ3v) is 4.24. The van der Waals surface area contributed by atoms with Crippen LogP contribution in [0.25, 0.3) is 11.0 Å². The summed E-state index contributed by atoms with van der Waals surface area (Å²) in [5.41, 5.74) is 1.94. The van der Waals surface area contributed by atoms with Crippen LogP contribution in [0.5, 0.6) is 0 Å². The Morgan fingerprint density at radius 2 is 2.25 bits per heavy atom. The lowest BCUT2D eigenvalue weighted by Crippen LogP contribution is -2.35. The van der Waals surface area contributed by atoms with E-state index in [-0.39, 0.29) is 17.7 Å². The molecule has 3 rings (SSSR count). The molecule has 1 N–H and O–H groups in total. The Morgan fingerprint density at radius 3 is 2.95 bits per heavy atom. The van der Waals surface area contributed by atoms with E-state index in [0.29, 0.717) is 13.1 Å². The number of aromatic nitrogens is 2. The lowest BCUT2D eigenvalue weighted by atomic mass is 10.3. The lowest BCUT2D eigenvalue weighted by molar-refractivity contribution is -0.124. The molecule has 0 spiro atoms. The molecule has 0 saturated carbocycles. The largest absolute Gasteiger partial charge is 0.336 e. The first-order valence-electron chi connectivity index (χ1n) is 6.29. The van der Waals surface area contributed by atoms with Crippen LogP contribution < -0.4 is 5.32 Å². The van der Waals surface area contributed by atoms with Gasteiger partial charge in [-0.1, -0.05) is 23.9 Å². The Morgan fingerprint density at radius 1 is 1.45 bits per heavy atom. The van der Waals surface area contributed by atoms with Gasteiger partial charge in [-0.05, 0) is 12.1 Å². The summed E-state index contributed by atoms with van der Waals surface area (Å²) in [4.78, 5) is 29.1. The molecule has 1 aliphatic rings. The van der Waals surface area contributed by atoms with Crippen LogP contribution >= 0.6 is 11.8 Å². The summed E-state index contributed by atoms with van der Waals surface area (Å²) in [7, 11) is 1.92. The van der Waals surface area contributed by atoms with Gasteiger partial charge in [0.25, 0.3) is 0 Å². The van der Waals surface area contributed by atoms with Crippen molar-refractivity contribution in [3.05, 3.63) is 24.3 Å². The van der Waals surface area contributed by atoms with Crippen LogP contribution in [0.15, 0.2) is 29.4 Å². The monoisotopic (exact) mass is 290 g/mol.